The Labute approximate surface area is 196 Å². The molecule has 0 unspecified atom stereocenters. The van der Waals surface area contributed by atoms with Crippen molar-refractivity contribution in [1.82, 2.24) is 5.32 Å². The van der Waals surface area contributed by atoms with Gasteiger partial charge in [0.1, 0.15) is 6.54 Å². The SMILES string of the molecule is CCc1ccccc1N(CC(=O)NCCOCc1ccccc1)S(=O)(=O)c1ccc(C)cc1. The highest BCUT2D eigenvalue weighted by atomic mass is 32.2. The molecule has 174 valence electrons. The lowest BCUT2D eigenvalue weighted by molar-refractivity contribution is -0.119. The number of sulfonamides is 1. The highest BCUT2D eigenvalue weighted by molar-refractivity contribution is 7.92. The fraction of sp³-hybridized carbons (Fsp3) is 0.269. The third-order valence-corrected chi connectivity index (χ3v) is 6.99. The van der Waals surface area contributed by atoms with Crippen LogP contribution >= 0.6 is 0 Å². The van der Waals surface area contributed by atoms with E-state index in [2.05, 4.69) is 5.32 Å². The molecule has 1 amide bonds. The molecule has 0 radical (unpaired) electrons. The van der Waals surface area contributed by atoms with Crippen LogP contribution in [0.4, 0.5) is 5.69 Å². The highest BCUT2D eigenvalue weighted by Gasteiger charge is 2.28. The third-order valence-electron chi connectivity index (χ3n) is 5.22. The number of benzene rings is 3. The zero-order chi connectivity index (χ0) is 23.7. The summed E-state index contributed by atoms with van der Waals surface area (Å²) in [7, 11) is -3.93. The van der Waals surface area contributed by atoms with Crippen LogP contribution in [0.25, 0.3) is 0 Å². The minimum atomic E-state index is -3.93. The molecule has 0 aromatic heterocycles. The summed E-state index contributed by atoms with van der Waals surface area (Å²) in [5.74, 6) is -0.389. The Bertz CT molecular complexity index is 1150. The first-order chi connectivity index (χ1) is 15.9. The van der Waals surface area contributed by atoms with Crippen LogP contribution < -0.4 is 9.62 Å². The molecule has 7 heteroatoms. The first-order valence-corrected chi connectivity index (χ1v) is 12.4. The second-order valence-corrected chi connectivity index (χ2v) is 9.56. The smallest absolute Gasteiger partial charge is 0.264 e. The van der Waals surface area contributed by atoms with Gasteiger partial charge in [0.05, 0.1) is 23.8 Å². The molecule has 3 aromatic rings. The second-order valence-electron chi connectivity index (χ2n) is 7.70. The number of nitrogens with zero attached hydrogens (tertiary/aromatic N) is 1. The largest absolute Gasteiger partial charge is 0.375 e. The van der Waals surface area contributed by atoms with Crippen LogP contribution in [0.3, 0.4) is 0 Å². The lowest BCUT2D eigenvalue weighted by Gasteiger charge is -2.26. The fourth-order valence-corrected chi connectivity index (χ4v) is 4.86. The van der Waals surface area contributed by atoms with Gasteiger partial charge >= 0.3 is 0 Å². The Kier molecular flexibility index (Phi) is 8.63. The van der Waals surface area contributed by atoms with Gasteiger partial charge in [-0.25, -0.2) is 8.42 Å². The summed E-state index contributed by atoms with van der Waals surface area (Å²) in [5, 5.41) is 2.77. The van der Waals surface area contributed by atoms with Gasteiger partial charge in [0.15, 0.2) is 0 Å². The molecule has 0 atom stereocenters. The molecule has 3 rings (SSSR count). The number of nitrogens with one attached hydrogen (secondary N) is 1. The van der Waals surface area contributed by atoms with Crippen molar-refractivity contribution in [2.45, 2.75) is 31.8 Å². The molecule has 33 heavy (non-hydrogen) atoms. The number of rotatable bonds is 11. The van der Waals surface area contributed by atoms with Crippen molar-refractivity contribution in [3.05, 3.63) is 95.6 Å². The number of para-hydroxylation sites is 1. The molecular formula is C26H30N2O4S. The number of amides is 1. The van der Waals surface area contributed by atoms with Crippen LogP contribution in [-0.2, 0) is 32.6 Å². The van der Waals surface area contributed by atoms with Crippen LogP contribution in [0.5, 0.6) is 0 Å². The average molecular weight is 467 g/mol. The van der Waals surface area contributed by atoms with E-state index in [4.69, 9.17) is 4.74 Å². The summed E-state index contributed by atoms with van der Waals surface area (Å²) in [6, 6.07) is 23.7. The van der Waals surface area contributed by atoms with Gasteiger partial charge in [-0.2, -0.15) is 0 Å². The van der Waals surface area contributed by atoms with E-state index in [9.17, 15) is 13.2 Å². The Balaban J connectivity index is 1.70. The van der Waals surface area contributed by atoms with Crippen LogP contribution in [0.15, 0.2) is 83.8 Å². The zero-order valence-corrected chi connectivity index (χ0v) is 19.8. The van der Waals surface area contributed by atoms with Crippen LogP contribution in [0.2, 0.25) is 0 Å². The summed E-state index contributed by atoms with van der Waals surface area (Å²) in [6.45, 7) is 4.62. The molecule has 1 N–H and O–H groups in total. The molecule has 0 aliphatic heterocycles. The van der Waals surface area contributed by atoms with Gasteiger partial charge in [0.2, 0.25) is 5.91 Å². The van der Waals surface area contributed by atoms with E-state index in [1.807, 2.05) is 56.3 Å². The second kappa shape index (κ2) is 11.6. The van der Waals surface area contributed by atoms with E-state index in [-0.39, 0.29) is 17.3 Å². The number of hydrogen-bond donors (Lipinski definition) is 1. The Morgan fingerprint density at radius 1 is 0.939 bits per heavy atom. The molecule has 3 aromatic carbocycles. The van der Waals surface area contributed by atoms with E-state index in [0.717, 1.165) is 16.7 Å². The minimum absolute atomic E-state index is 0.151. The van der Waals surface area contributed by atoms with Gasteiger partial charge in [0.25, 0.3) is 10.0 Å². The van der Waals surface area contributed by atoms with Crippen molar-refractivity contribution in [2.75, 3.05) is 24.0 Å². The lowest BCUT2D eigenvalue weighted by Crippen LogP contribution is -2.42. The molecule has 0 saturated carbocycles. The topological polar surface area (TPSA) is 75.7 Å². The molecule has 0 heterocycles. The van der Waals surface area contributed by atoms with Gasteiger partial charge in [-0.3, -0.25) is 9.10 Å². The van der Waals surface area contributed by atoms with E-state index in [1.165, 1.54) is 4.31 Å². The molecule has 6 nitrogen and oxygen atoms in total. The van der Waals surface area contributed by atoms with Crippen molar-refractivity contribution in [2.24, 2.45) is 0 Å². The lowest BCUT2D eigenvalue weighted by atomic mass is 10.1. The molecule has 0 saturated heterocycles. The molecule has 0 bridgehead atoms. The van der Waals surface area contributed by atoms with Gasteiger partial charge < -0.3 is 10.1 Å². The molecule has 0 fully saturated rings. The summed E-state index contributed by atoms with van der Waals surface area (Å²) < 4.78 is 33.8. The minimum Gasteiger partial charge on any atom is -0.375 e. The van der Waals surface area contributed by atoms with E-state index in [1.54, 1.807) is 36.4 Å². The molecule has 0 spiro atoms. The first kappa shape index (κ1) is 24.5. The van der Waals surface area contributed by atoms with Crippen molar-refractivity contribution in [3.8, 4) is 0 Å². The summed E-state index contributed by atoms with van der Waals surface area (Å²) in [5.41, 5.74) is 3.38. The van der Waals surface area contributed by atoms with Gasteiger partial charge in [-0.05, 0) is 42.7 Å². The summed E-state index contributed by atoms with van der Waals surface area (Å²) in [6.07, 6.45) is 0.644. The predicted octanol–water partition coefficient (Wildman–Crippen LogP) is 4.09. The van der Waals surface area contributed by atoms with Crippen LogP contribution in [-0.4, -0.2) is 34.0 Å². The third kappa shape index (κ3) is 6.66. The Hall–Kier alpha value is -3.16. The monoisotopic (exact) mass is 466 g/mol. The van der Waals surface area contributed by atoms with Gasteiger partial charge in [0, 0.05) is 6.54 Å². The predicted molar refractivity (Wildman–Crippen MR) is 131 cm³/mol. The zero-order valence-electron chi connectivity index (χ0n) is 19.0. The average Bonchev–Trinajstić information content (AvgIpc) is 2.83. The van der Waals surface area contributed by atoms with E-state index >= 15 is 0 Å². The normalized spacial score (nSPS) is 11.2. The maximum atomic E-state index is 13.5. The number of hydrogen-bond acceptors (Lipinski definition) is 4. The number of aryl methyl sites for hydroxylation is 2. The highest BCUT2D eigenvalue weighted by Crippen LogP contribution is 2.27. The number of carbonyl (C=O) groups excluding carboxylic acids is 1. The Morgan fingerprint density at radius 3 is 2.30 bits per heavy atom. The number of anilines is 1. The van der Waals surface area contributed by atoms with Crippen molar-refractivity contribution < 1.29 is 17.9 Å². The summed E-state index contributed by atoms with van der Waals surface area (Å²) in [4.78, 5) is 12.9. The van der Waals surface area contributed by atoms with E-state index in [0.29, 0.717) is 31.9 Å². The van der Waals surface area contributed by atoms with Gasteiger partial charge in [-0.1, -0.05) is 73.2 Å². The first-order valence-electron chi connectivity index (χ1n) is 11.0. The van der Waals surface area contributed by atoms with E-state index < -0.39 is 10.0 Å². The Morgan fingerprint density at radius 2 is 1.61 bits per heavy atom. The summed E-state index contributed by atoms with van der Waals surface area (Å²) >= 11 is 0. The molecule has 0 aliphatic rings. The maximum Gasteiger partial charge on any atom is 0.264 e. The van der Waals surface area contributed by atoms with Crippen LogP contribution in [0.1, 0.15) is 23.6 Å². The van der Waals surface area contributed by atoms with Crippen LogP contribution in [0, 0.1) is 6.92 Å². The maximum absolute atomic E-state index is 13.5. The quantitative estimate of drug-likeness (QED) is 0.432. The molecular weight excluding hydrogens is 436 g/mol. The van der Waals surface area contributed by atoms with Crippen molar-refractivity contribution >= 4 is 21.6 Å². The number of carbonyl (C=O) groups is 1. The van der Waals surface area contributed by atoms with Crippen molar-refractivity contribution in [1.29, 1.82) is 0 Å². The fourth-order valence-electron chi connectivity index (χ4n) is 3.40. The molecule has 0 aliphatic carbocycles. The van der Waals surface area contributed by atoms with Crippen molar-refractivity contribution in [3.63, 3.8) is 0 Å². The number of ether oxygens (including phenoxy) is 1. The van der Waals surface area contributed by atoms with Gasteiger partial charge in [-0.15, -0.1) is 0 Å². The standard InChI is InChI=1S/C26H30N2O4S/c1-3-23-11-7-8-12-25(23)28(33(30,31)24-15-13-21(2)14-16-24)19-26(29)27-17-18-32-20-22-9-5-4-6-10-22/h4-16H,3,17-20H2,1-2H3,(H,27,29).